The maximum Gasteiger partial charge on any atom is 0.246 e. The van der Waals surface area contributed by atoms with Crippen LogP contribution in [0.4, 0.5) is 0 Å². The summed E-state index contributed by atoms with van der Waals surface area (Å²) in [6.45, 7) is 5.25. The second kappa shape index (κ2) is 6.17. The Morgan fingerprint density at radius 1 is 1.55 bits per heavy atom. The second-order valence-electron chi connectivity index (χ2n) is 5.29. The molecule has 2 heterocycles. The van der Waals surface area contributed by atoms with Gasteiger partial charge in [0, 0.05) is 39.5 Å². The number of aromatic nitrogens is 3. The fourth-order valence-electron chi connectivity index (χ4n) is 2.42. The number of amides is 1. The van der Waals surface area contributed by atoms with Crippen LogP contribution >= 0.6 is 0 Å². The number of carbonyl (C=O) groups excluding carboxylic acids is 1. The second-order valence-corrected chi connectivity index (χ2v) is 5.29. The van der Waals surface area contributed by atoms with Crippen LogP contribution in [0, 0.1) is 0 Å². The van der Waals surface area contributed by atoms with Crippen molar-refractivity contribution in [1.29, 1.82) is 0 Å². The minimum atomic E-state index is -0.0222. The zero-order chi connectivity index (χ0) is 14.7. The van der Waals surface area contributed by atoms with Crippen LogP contribution in [0.25, 0.3) is 0 Å². The highest BCUT2D eigenvalue weighted by Gasteiger charge is 2.37. The standard InChI is InChI=1S/C14H22N4O2/c1-5-10(2)6-14(19)18-7-11(13(9-18)20-4)12-8-17(3)16-15-12/h6,8,11,13H,5,7,9H2,1-4H3/b10-6+/t11-,13+/m0/s1. The Kier molecular flexibility index (Phi) is 4.54. The van der Waals surface area contributed by atoms with Gasteiger partial charge in [0.15, 0.2) is 0 Å². The third-order valence-corrected chi connectivity index (χ3v) is 3.81. The molecule has 0 spiro atoms. The van der Waals surface area contributed by atoms with Crippen LogP contribution in [0.2, 0.25) is 0 Å². The van der Waals surface area contributed by atoms with E-state index in [1.165, 1.54) is 0 Å². The average molecular weight is 278 g/mol. The van der Waals surface area contributed by atoms with Gasteiger partial charge in [0.05, 0.1) is 17.7 Å². The molecule has 1 amide bonds. The summed E-state index contributed by atoms with van der Waals surface area (Å²) in [6, 6.07) is 0. The van der Waals surface area contributed by atoms with E-state index >= 15 is 0 Å². The largest absolute Gasteiger partial charge is 0.379 e. The van der Waals surface area contributed by atoms with Crippen LogP contribution < -0.4 is 0 Å². The molecule has 1 fully saturated rings. The summed E-state index contributed by atoms with van der Waals surface area (Å²) in [5.41, 5.74) is 1.97. The van der Waals surface area contributed by atoms with Crippen molar-refractivity contribution in [3.63, 3.8) is 0 Å². The van der Waals surface area contributed by atoms with Crippen LogP contribution in [-0.4, -0.2) is 52.1 Å². The molecule has 6 heteroatoms. The quantitative estimate of drug-likeness (QED) is 0.774. The van der Waals surface area contributed by atoms with Crippen LogP contribution in [0.3, 0.4) is 0 Å². The molecular formula is C14H22N4O2. The van der Waals surface area contributed by atoms with Crippen molar-refractivity contribution in [1.82, 2.24) is 19.9 Å². The predicted molar refractivity (Wildman–Crippen MR) is 75.2 cm³/mol. The van der Waals surface area contributed by atoms with E-state index in [0.29, 0.717) is 13.1 Å². The van der Waals surface area contributed by atoms with Gasteiger partial charge >= 0.3 is 0 Å². The van der Waals surface area contributed by atoms with E-state index in [1.54, 1.807) is 17.9 Å². The van der Waals surface area contributed by atoms with Gasteiger partial charge in [-0.15, -0.1) is 5.10 Å². The number of nitrogens with zero attached hydrogens (tertiary/aromatic N) is 4. The van der Waals surface area contributed by atoms with Crippen LogP contribution in [0.5, 0.6) is 0 Å². The lowest BCUT2D eigenvalue weighted by Gasteiger charge is -2.13. The number of methoxy groups -OCH3 is 1. The molecule has 110 valence electrons. The molecule has 1 aliphatic heterocycles. The number of ether oxygens (including phenoxy) is 1. The Balaban J connectivity index is 2.12. The van der Waals surface area contributed by atoms with Crippen molar-refractivity contribution in [2.45, 2.75) is 32.3 Å². The molecule has 0 unspecified atom stereocenters. The monoisotopic (exact) mass is 278 g/mol. The van der Waals surface area contributed by atoms with Crippen molar-refractivity contribution in [2.75, 3.05) is 20.2 Å². The highest BCUT2D eigenvalue weighted by atomic mass is 16.5. The zero-order valence-corrected chi connectivity index (χ0v) is 12.5. The van der Waals surface area contributed by atoms with E-state index in [4.69, 9.17) is 4.74 Å². The molecule has 0 aromatic carbocycles. The first kappa shape index (κ1) is 14.7. The van der Waals surface area contributed by atoms with Gasteiger partial charge in [-0.1, -0.05) is 17.7 Å². The lowest BCUT2D eigenvalue weighted by molar-refractivity contribution is -0.125. The smallest absolute Gasteiger partial charge is 0.246 e. The first-order valence-electron chi connectivity index (χ1n) is 6.90. The van der Waals surface area contributed by atoms with Crippen molar-refractivity contribution in [3.05, 3.63) is 23.5 Å². The molecule has 1 saturated heterocycles. The fraction of sp³-hybridized carbons (Fsp3) is 0.643. The number of hydrogen-bond acceptors (Lipinski definition) is 4. The molecule has 6 nitrogen and oxygen atoms in total. The average Bonchev–Trinajstić information content (AvgIpc) is 3.03. The highest BCUT2D eigenvalue weighted by molar-refractivity contribution is 5.88. The van der Waals surface area contributed by atoms with Crippen molar-refractivity contribution >= 4 is 5.91 Å². The van der Waals surface area contributed by atoms with Gasteiger partial charge < -0.3 is 9.64 Å². The molecule has 0 aliphatic carbocycles. The molecule has 1 aromatic rings. The van der Waals surface area contributed by atoms with Gasteiger partial charge in [0.2, 0.25) is 5.91 Å². The van der Waals surface area contributed by atoms with Crippen LogP contribution in [0.15, 0.2) is 17.8 Å². The Bertz CT molecular complexity index is 509. The highest BCUT2D eigenvalue weighted by Crippen LogP contribution is 2.28. The topological polar surface area (TPSA) is 60.2 Å². The third kappa shape index (κ3) is 3.07. The Morgan fingerprint density at radius 3 is 2.85 bits per heavy atom. The summed E-state index contributed by atoms with van der Waals surface area (Å²) in [4.78, 5) is 14.0. The van der Waals surface area contributed by atoms with Gasteiger partial charge in [-0.25, -0.2) is 0 Å². The van der Waals surface area contributed by atoms with Crippen molar-refractivity contribution in [3.8, 4) is 0 Å². The van der Waals surface area contributed by atoms with E-state index in [-0.39, 0.29) is 17.9 Å². The Labute approximate surface area is 119 Å². The number of rotatable bonds is 4. The number of aryl methyl sites for hydroxylation is 1. The van der Waals surface area contributed by atoms with Crippen LogP contribution in [-0.2, 0) is 16.6 Å². The number of likely N-dealkylation sites (tertiary alicyclic amines) is 1. The Hall–Kier alpha value is -1.69. The van der Waals surface area contributed by atoms with Gasteiger partial charge in [-0.05, 0) is 13.3 Å². The lowest BCUT2D eigenvalue weighted by Crippen LogP contribution is -2.28. The van der Waals surface area contributed by atoms with Gasteiger partial charge in [-0.3, -0.25) is 9.48 Å². The summed E-state index contributed by atoms with van der Waals surface area (Å²) in [5.74, 6) is 0.144. The molecule has 0 saturated carbocycles. The molecule has 0 bridgehead atoms. The Morgan fingerprint density at radius 2 is 2.30 bits per heavy atom. The summed E-state index contributed by atoms with van der Waals surface area (Å²) >= 11 is 0. The minimum Gasteiger partial charge on any atom is -0.379 e. The van der Waals surface area contributed by atoms with E-state index in [1.807, 2.05) is 32.0 Å². The maximum atomic E-state index is 12.2. The van der Waals surface area contributed by atoms with Crippen LogP contribution in [0.1, 0.15) is 31.9 Å². The van der Waals surface area contributed by atoms with E-state index in [2.05, 4.69) is 10.3 Å². The molecule has 0 N–H and O–H groups in total. The minimum absolute atomic E-state index is 0.0222. The molecule has 1 aromatic heterocycles. The zero-order valence-electron chi connectivity index (χ0n) is 12.5. The summed E-state index contributed by atoms with van der Waals surface area (Å²) < 4.78 is 7.18. The third-order valence-electron chi connectivity index (χ3n) is 3.81. The van der Waals surface area contributed by atoms with E-state index in [9.17, 15) is 4.79 Å². The molecule has 2 rings (SSSR count). The maximum absolute atomic E-state index is 12.2. The molecule has 1 aliphatic rings. The molecular weight excluding hydrogens is 256 g/mol. The number of allylic oxidation sites excluding steroid dienone is 1. The first-order chi connectivity index (χ1) is 9.55. The molecule has 20 heavy (non-hydrogen) atoms. The predicted octanol–water partition coefficient (Wildman–Crippen LogP) is 1.11. The molecule has 0 radical (unpaired) electrons. The van der Waals surface area contributed by atoms with Gasteiger partial charge in [0.25, 0.3) is 0 Å². The number of hydrogen-bond donors (Lipinski definition) is 0. The van der Waals surface area contributed by atoms with E-state index < -0.39 is 0 Å². The normalized spacial score (nSPS) is 23.4. The lowest BCUT2D eigenvalue weighted by atomic mass is 10.0. The van der Waals surface area contributed by atoms with Crippen molar-refractivity contribution < 1.29 is 9.53 Å². The summed E-state index contributed by atoms with van der Waals surface area (Å²) in [7, 11) is 3.51. The summed E-state index contributed by atoms with van der Waals surface area (Å²) in [6.07, 6.45) is 4.47. The first-order valence-corrected chi connectivity index (χ1v) is 6.90. The SMILES string of the molecule is CC/C(C)=C/C(=O)N1C[C@@H](OC)[C@H](c2cn(C)nn2)C1. The van der Waals surface area contributed by atoms with Gasteiger partial charge in [-0.2, -0.15) is 0 Å². The molecule has 2 atom stereocenters. The fourth-order valence-corrected chi connectivity index (χ4v) is 2.42. The van der Waals surface area contributed by atoms with E-state index in [0.717, 1.165) is 17.7 Å². The summed E-state index contributed by atoms with van der Waals surface area (Å²) in [5, 5.41) is 8.10. The number of carbonyl (C=O) groups is 1. The van der Waals surface area contributed by atoms with Gasteiger partial charge in [0.1, 0.15) is 0 Å². The van der Waals surface area contributed by atoms with Crippen molar-refractivity contribution in [2.24, 2.45) is 7.05 Å².